The van der Waals surface area contributed by atoms with Crippen LogP contribution < -0.4 is 0 Å². The first-order valence-corrected chi connectivity index (χ1v) is 4.99. The lowest BCUT2D eigenvalue weighted by molar-refractivity contribution is 1.38. The molecule has 1 aliphatic rings. The molecule has 0 saturated carbocycles. The van der Waals surface area contributed by atoms with Crippen molar-refractivity contribution in [1.82, 2.24) is 0 Å². The fourth-order valence-electron chi connectivity index (χ4n) is 0.758. The first-order valence-electron chi connectivity index (χ1n) is 2.66. The lowest BCUT2D eigenvalue weighted by atomic mass is 10.4. The molecule has 0 aromatic heterocycles. The normalized spacial score (nSPS) is 13.1. The van der Waals surface area contributed by atoms with Crippen molar-refractivity contribution in [2.45, 2.75) is 9.79 Å². The molecule has 0 N–H and O–H groups in total. The molecule has 0 radical (unpaired) electrons. The minimum Gasteiger partial charge on any atom is -0.0843 e. The molecule has 5 heteroatoms. The number of hydrogen-bond acceptors (Lipinski definition) is 1. The number of rotatable bonds is 0. The van der Waals surface area contributed by atoms with Gasteiger partial charge in [0.05, 0.1) is 20.1 Å². The van der Waals surface area contributed by atoms with E-state index in [0.717, 1.165) is 9.79 Å². The fraction of sp³-hybridized carbons (Fsp3) is 0. The summed E-state index contributed by atoms with van der Waals surface area (Å²) in [4.78, 5) is 1.90. The summed E-state index contributed by atoms with van der Waals surface area (Å²) >= 11 is 24.6. The summed E-state index contributed by atoms with van der Waals surface area (Å²) in [7, 11) is 0. The molecular formula is C6Cl4S. The maximum Gasteiger partial charge on any atom is 0.0806 e. The van der Waals surface area contributed by atoms with E-state index in [0.29, 0.717) is 20.1 Å². The van der Waals surface area contributed by atoms with E-state index in [-0.39, 0.29) is 0 Å². The molecule has 0 nitrogen and oxygen atoms in total. The first kappa shape index (κ1) is 8.33. The Bertz CT molecular complexity index is 314. The van der Waals surface area contributed by atoms with Crippen LogP contribution in [0.5, 0.6) is 0 Å². The molecule has 0 unspecified atom stereocenters. The maximum atomic E-state index is 5.81. The zero-order chi connectivity index (χ0) is 8.17. The Balaban J connectivity index is 2.78. The molecule has 0 aliphatic carbocycles. The van der Waals surface area contributed by atoms with Gasteiger partial charge in [0.2, 0.25) is 0 Å². The highest BCUT2D eigenvalue weighted by Crippen LogP contribution is 2.60. The minimum atomic E-state index is 0.349. The lowest BCUT2D eigenvalue weighted by Gasteiger charge is -1.96. The lowest BCUT2D eigenvalue weighted by Crippen LogP contribution is -1.71. The quantitative estimate of drug-likeness (QED) is 0.366. The maximum absolute atomic E-state index is 5.81. The Hall–Kier alpha value is 0.730. The highest BCUT2D eigenvalue weighted by atomic mass is 35.5. The van der Waals surface area contributed by atoms with Gasteiger partial charge in [-0.2, -0.15) is 0 Å². The van der Waals surface area contributed by atoms with E-state index in [1.165, 1.54) is 11.8 Å². The molecule has 0 fully saturated rings. The fourth-order valence-corrected chi connectivity index (χ4v) is 2.81. The van der Waals surface area contributed by atoms with Gasteiger partial charge in [0.1, 0.15) is 0 Å². The van der Waals surface area contributed by atoms with Gasteiger partial charge in [-0.05, 0) is 0 Å². The highest BCUT2D eigenvalue weighted by molar-refractivity contribution is 8.05. The topological polar surface area (TPSA) is 0 Å². The monoisotopic (exact) mass is 244 g/mol. The van der Waals surface area contributed by atoms with E-state index >= 15 is 0 Å². The molecule has 0 saturated heterocycles. The zero-order valence-corrected chi connectivity index (χ0v) is 8.76. The van der Waals surface area contributed by atoms with Crippen LogP contribution in [0.4, 0.5) is 0 Å². The van der Waals surface area contributed by atoms with E-state index in [1.807, 2.05) is 0 Å². The Morgan fingerprint density at radius 1 is 0.636 bits per heavy atom. The second kappa shape index (κ2) is 2.61. The third kappa shape index (κ3) is 1.14. The van der Waals surface area contributed by atoms with Gasteiger partial charge in [-0.1, -0.05) is 58.2 Å². The van der Waals surface area contributed by atoms with Gasteiger partial charge in [0, 0.05) is 9.79 Å². The molecule has 0 amide bonds. The van der Waals surface area contributed by atoms with Crippen LogP contribution in [0, 0.1) is 0 Å². The van der Waals surface area contributed by atoms with Crippen molar-refractivity contribution in [3.05, 3.63) is 20.1 Å². The summed E-state index contributed by atoms with van der Waals surface area (Å²) in [5.74, 6) is 0. The Morgan fingerprint density at radius 2 is 1.00 bits per heavy atom. The molecule has 1 aliphatic heterocycles. The van der Waals surface area contributed by atoms with Crippen molar-refractivity contribution in [2.24, 2.45) is 0 Å². The second-order valence-electron chi connectivity index (χ2n) is 2.02. The SMILES string of the molecule is Clc1c(Cl)c(Cl)c2c(c1Cl)S2. The molecule has 1 aromatic carbocycles. The molecule has 1 aromatic rings. The Morgan fingerprint density at radius 3 is 1.36 bits per heavy atom. The van der Waals surface area contributed by atoms with Crippen LogP contribution in [0.3, 0.4) is 0 Å². The van der Waals surface area contributed by atoms with Crippen LogP contribution in [0.2, 0.25) is 20.1 Å². The van der Waals surface area contributed by atoms with Gasteiger partial charge >= 0.3 is 0 Å². The molecular weight excluding hydrogens is 246 g/mol. The summed E-state index contributed by atoms with van der Waals surface area (Å²) in [5.41, 5.74) is 0. The first-order chi connectivity index (χ1) is 5.13. The van der Waals surface area contributed by atoms with Crippen LogP contribution in [-0.4, -0.2) is 0 Å². The van der Waals surface area contributed by atoms with Crippen molar-refractivity contribution in [1.29, 1.82) is 0 Å². The third-order valence-electron chi connectivity index (χ3n) is 1.35. The summed E-state index contributed by atoms with van der Waals surface area (Å²) in [6.45, 7) is 0. The Labute approximate surface area is 87.8 Å². The molecule has 0 bridgehead atoms. The highest BCUT2D eigenvalue weighted by Gasteiger charge is 2.30. The van der Waals surface area contributed by atoms with Crippen LogP contribution >= 0.6 is 58.2 Å². The minimum absolute atomic E-state index is 0.349. The summed E-state index contributed by atoms with van der Waals surface area (Å²) < 4.78 is 0. The van der Waals surface area contributed by atoms with Gasteiger partial charge in [-0.3, -0.25) is 0 Å². The molecule has 11 heavy (non-hydrogen) atoms. The standard InChI is InChI=1S/C6Cl4S/c7-1-2(8)4(10)6-5(11-6)3(1)9. The van der Waals surface area contributed by atoms with Crippen LogP contribution in [-0.2, 0) is 0 Å². The van der Waals surface area contributed by atoms with Crippen molar-refractivity contribution in [3.63, 3.8) is 0 Å². The summed E-state index contributed by atoms with van der Waals surface area (Å²) in [6.07, 6.45) is 0. The molecule has 0 atom stereocenters. The van der Waals surface area contributed by atoms with Gasteiger partial charge in [0.15, 0.2) is 0 Å². The second-order valence-corrected chi connectivity index (χ2v) is 4.55. The van der Waals surface area contributed by atoms with E-state index in [2.05, 4.69) is 0 Å². The average Bonchev–Trinajstić information content (AvgIpc) is 2.76. The number of hydrogen-bond donors (Lipinski definition) is 0. The largest absolute Gasteiger partial charge is 0.0843 e. The molecule has 2 rings (SSSR count). The van der Waals surface area contributed by atoms with Crippen molar-refractivity contribution < 1.29 is 0 Å². The smallest absolute Gasteiger partial charge is 0.0806 e. The predicted molar refractivity (Wildman–Crippen MR) is 50.6 cm³/mol. The van der Waals surface area contributed by atoms with Crippen molar-refractivity contribution >= 4 is 58.2 Å². The van der Waals surface area contributed by atoms with Gasteiger partial charge in [0.25, 0.3) is 0 Å². The van der Waals surface area contributed by atoms with Crippen molar-refractivity contribution in [2.75, 3.05) is 0 Å². The van der Waals surface area contributed by atoms with Gasteiger partial charge in [-0.25, -0.2) is 0 Å². The molecule has 0 spiro atoms. The predicted octanol–water partition coefficient (Wildman–Crippen LogP) is 4.76. The van der Waals surface area contributed by atoms with E-state index < -0.39 is 0 Å². The van der Waals surface area contributed by atoms with Crippen LogP contribution in [0.1, 0.15) is 0 Å². The van der Waals surface area contributed by atoms with Crippen molar-refractivity contribution in [3.8, 4) is 0 Å². The van der Waals surface area contributed by atoms with E-state index in [9.17, 15) is 0 Å². The molecule has 1 heterocycles. The van der Waals surface area contributed by atoms with E-state index in [1.54, 1.807) is 0 Å². The zero-order valence-electron chi connectivity index (χ0n) is 4.92. The Kier molecular flexibility index (Phi) is 1.98. The number of fused-ring (bicyclic) bond motifs is 1. The number of halogens is 4. The van der Waals surface area contributed by atoms with Crippen LogP contribution in [0.25, 0.3) is 0 Å². The number of benzene rings is 1. The van der Waals surface area contributed by atoms with E-state index in [4.69, 9.17) is 46.4 Å². The van der Waals surface area contributed by atoms with Gasteiger partial charge in [-0.15, -0.1) is 0 Å². The average molecular weight is 246 g/mol. The molecule has 58 valence electrons. The third-order valence-corrected chi connectivity index (χ3v) is 4.39. The van der Waals surface area contributed by atoms with Gasteiger partial charge < -0.3 is 0 Å². The van der Waals surface area contributed by atoms with Crippen LogP contribution in [0.15, 0.2) is 9.79 Å². The summed E-state index contributed by atoms with van der Waals surface area (Å²) in [5, 5.41) is 1.73. The summed E-state index contributed by atoms with van der Waals surface area (Å²) in [6, 6.07) is 0.